The Hall–Kier alpha value is -1.75. The van der Waals surface area contributed by atoms with Gasteiger partial charge >= 0.3 is 0 Å². The van der Waals surface area contributed by atoms with E-state index in [1.165, 1.54) is 0 Å². The van der Waals surface area contributed by atoms with Gasteiger partial charge in [-0.25, -0.2) is 0 Å². The molecule has 2 aromatic rings. The first kappa shape index (κ1) is 25.5. The maximum atomic E-state index is 13.3. The van der Waals surface area contributed by atoms with Gasteiger partial charge < -0.3 is 10.2 Å². The zero-order valence-electron chi connectivity index (χ0n) is 18.1. The van der Waals surface area contributed by atoms with E-state index in [2.05, 4.69) is 5.32 Å². The summed E-state index contributed by atoms with van der Waals surface area (Å²) < 4.78 is 0. The van der Waals surface area contributed by atoms with Gasteiger partial charge in [0.15, 0.2) is 0 Å². The molecule has 0 aliphatic rings. The minimum absolute atomic E-state index is 0.0339. The number of halogens is 3. The second-order valence-electron chi connectivity index (χ2n) is 7.60. The second kappa shape index (κ2) is 12.3. The van der Waals surface area contributed by atoms with Crippen LogP contribution in [-0.2, 0) is 22.6 Å². The van der Waals surface area contributed by atoms with Gasteiger partial charge in [-0.2, -0.15) is 0 Å². The van der Waals surface area contributed by atoms with Gasteiger partial charge in [-0.15, -0.1) is 0 Å². The average molecular weight is 484 g/mol. The lowest BCUT2D eigenvalue weighted by Crippen LogP contribution is -2.50. The van der Waals surface area contributed by atoms with Gasteiger partial charge in [0.2, 0.25) is 11.8 Å². The highest BCUT2D eigenvalue weighted by Crippen LogP contribution is 2.25. The number of carbonyl (C=O) groups is 2. The summed E-state index contributed by atoms with van der Waals surface area (Å²) in [7, 11) is 0. The highest BCUT2D eigenvalue weighted by molar-refractivity contribution is 6.42. The summed E-state index contributed by atoms with van der Waals surface area (Å²) >= 11 is 18.5. The Labute approximate surface area is 199 Å². The molecule has 2 rings (SSSR count). The molecule has 0 unspecified atom stereocenters. The zero-order chi connectivity index (χ0) is 23.0. The summed E-state index contributed by atoms with van der Waals surface area (Å²) in [4.78, 5) is 27.9. The molecular weight excluding hydrogens is 455 g/mol. The first-order valence-corrected chi connectivity index (χ1v) is 11.7. The normalized spacial score (nSPS) is 12.8. The van der Waals surface area contributed by atoms with Gasteiger partial charge in [0.1, 0.15) is 6.04 Å². The number of amides is 2. The number of aryl methyl sites for hydroxylation is 1. The van der Waals surface area contributed by atoms with Crippen LogP contribution in [0.25, 0.3) is 0 Å². The number of nitrogens with one attached hydrogen (secondary N) is 1. The molecule has 0 aliphatic carbocycles. The SMILES string of the molecule is CC[C@H](C)NC(=O)[C@H](CC)N(Cc1ccc(Cl)c(Cl)c1)C(=O)CCc1ccccc1Cl. The summed E-state index contributed by atoms with van der Waals surface area (Å²) in [5.74, 6) is -0.264. The van der Waals surface area contributed by atoms with Crippen molar-refractivity contribution >= 4 is 46.6 Å². The summed E-state index contributed by atoms with van der Waals surface area (Å²) in [6, 6.07) is 12.2. The predicted molar refractivity (Wildman–Crippen MR) is 129 cm³/mol. The van der Waals surface area contributed by atoms with Crippen LogP contribution >= 0.6 is 34.8 Å². The predicted octanol–water partition coefficient (Wildman–Crippen LogP) is 6.30. The molecule has 2 amide bonds. The molecule has 1 N–H and O–H groups in total. The first-order valence-electron chi connectivity index (χ1n) is 10.5. The molecule has 31 heavy (non-hydrogen) atoms. The molecule has 0 heterocycles. The van der Waals surface area contributed by atoms with E-state index in [0.29, 0.717) is 27.9 Å². The Morgan fingerprint density at radius 3 is 2.29 bits per heavy atom. The largest absolute Gasteiger partial charge is 0.352 e. The number of benzene rings is 2. The topological polar surface area (TPSA) is 49.4 Å². The fraction of sp³-hybridized carbons (Fsp3) is 0.417. The third-order valence-electron chi connectivity index (χ3n) is 5.29. The fourth-order valence-corrected chi connectivity index (χ4v) is 3.83. The summed E-state index contributed by atoms with van der Waals surface area (Å²) in [6.07, 6.45) is 2.06. The van der Waals surface area contributed by atoms with Crippen LogP contribution < -0.4 is 5.32 Å². The molecule has 0 spiro atoms. The van der Waals surface area contributed by atoms with Crippen LogP contribution in [0.15, 0.2) is 42.5 Å². The van der Waals surface area contributed by atoms with Crippen molar-refractivity contribution in [2.45, 2.75) is 65.1 Å². The van der Waals surface area contributed by atoms with Crippen molar-refractivity contribution < 1.29 is 9.59 Å². The van der Waals surface area contributed by atoms with E-state index in [1.807, 2.05) is 51.1 Å². The van der Waals surface area contributed by atoms with Crippen LogP contribution in [0.4, 0.5) is 0 Å². The molecule has 0 saturated carbocycles. The highest BCUT2D eigenvalue weighted by atomic mass is 35.5. The summed E-state index contributed by atoms with van der Waals surface area (Å²) in [5.41, 5.74) is 1.72. The van der Waals surface area contributed by atoms with E-state index in [-0.39, 0.29) is 30.8 Å². The lowest BCUT2D eigenvalue weighted by atomic mass is 10.1. The van der Waals surface area contributed by atoms with Crippen LogP contribution in [0.1, 0.15) is 51.2 Å². The Bertz CT molecular complexity index is 904. The molecule has 0 bridgehead atoms. The van der Waals surface area contributed by atoms with Crippen molar-refractivity contribution in [2.75, 3.05) is 0 Å². The van der Waals surface area contributed by atoms with E-state index in [4.69, 9.17) is 34.8 Å². The van der Waals surface area contributed by atoms with Crippen molar-refractivity contribution in [3.8, 4) is 0 Å². The molecule has 0 radical (unpaired) electrons. The van der Waals surface area contributed by atoms with Gasteiger partial charge in [-0.05, 0) is 55.5 Å². The molecule has 4 nitrogen and oxygen atoms in total. The van der Waals surface area contributed by atoms with E-state index in [0.717, 1.165) is 17.5 Å². The molecule has 0 aliphatic heterocycles. The summed E-state index contributed by atoms with van der Waals surface area (Å²) in [5, 5.41) is 4.50. The van der Waals surface area contributed by atoms with E-state index < -0.39 is 6.04 Å². The Morgan fingerprint density at radius 2 is 1.68 bits per heavy atom. The average Bonchev–Trinajstić information content (AvgIpc) is 2.75. The Morgan fingerprint density at radius 1 is 0.968 bits per heavy atom. The molecule has 0 aromatic heterocycles. The number of carbonyl (C=O) groups excluding carboxylic acids is 2. The Balaban J connectivity index is 2.26. The quantitative estimate of drug-likeness (QED) is 0.431. The van der Waals surface area contributed by atoms with E-state index in [1.54, 1.807) is 17.0 Å². The van der Waals surface area contributed by atoms with Crippen LogP contribution in [0.2, 0.25) is 15.1 Å². The minimum atomic E-state index is -0.581. The van der Waals surface area contributed by atoms with Crippen molar-refractivity contribution in [3.05, 3.63) is 68.7 Å². The zero-order valence-corrected chi connectivity index (χ0v) is 20.4. The highest BCUT2D eigenvalue weighted by Gasteiger charge is 2.29. The molecule has 168 valence electrons. The number of nitrogens with zero attached hydrogens (tertiary/aromatic N) is 1. The van der Waals surface area contributed by atoms with Gasteiger partial charge in [0.25, 0.3) is 0 Å². The van der Waals surface area contributed by atoms with Crippen LogP contribution in [-0.4, -0.2) is 28.8 Å². The van der Waals surface area contributed by atoms with Gasteiger partial charge in [0.05, 0.1) is 10.0 Å². The van der Waals surface area contributed by atoms with Gasteiger partial charge in [-0.1, -0.05) is 72.9 Å². The van der Waals surface area contributed by atoms with Crippen molar-refractivity contribution in [3.63, 3.8) is 0 Å². The lowest BCUT2D eigenvalue weighted by Gasteiger charge is -2.31. The first-order chi connectivity index (χ1) is 14.8. The molecule has 7 heteroatoms. The second-order valence-corrected chi connectivity index (χ2v) is 8.83. The van der Waals surface area contributed by atoms with Crippen molar-refractivity contribution in [2.24, 2.45) is 0 Å². The van der Waals surface area contributed by atoms with Gasteiger partial charge in [-0.3, -0.25) is 9.59 Å². The number of hydrogen-bond acceptors (Lipinski definition) is 2. The third-order valence-corrected chi connectivity index (χ3v) is 6.40. The van der Waals surface area contributed by atoms with Crippen molar-refractivity contribution in [1.29, 1.82) is 0 Å². The third kappa shape index (κ3) is 7.41. The fourth-order valence-electron chi connectivity index (χ4n) is 3.28. The monoisotopic (exact) mass is 482 g/mol. The maximum Gasteiger partial charge on any atom is 0.243 e. The maximum absolute atomic E-state index is 13.3. The smallest absolute Gasteiger partial charge is 0.243 e. The van der Waals surface area contributed by atoms with Crippen LogP contribution in [0, 0.1) is 0 Å². The Kier molecular flexibility index (Phi) is 10.1. The number of hydrogen-bond donors (Lipinski definition) is 1. The standard InChI is InChI=1S/C24H29Cl3N2O2/c1-4-16(3)28-24(31)22(5-2)29(15-17-10-12-20(26)21(27)14-17)23(30)13-11-18-8-6-7-9-19(18)25/h6-10,12,14,16,22H,4-5,11,13,15H2,1-3H3,(H,28,31)/t16-,22-/m0/s1. The van der Waals surface area contributed by atoms with Crippen LogP contribution in [0.5, 0.6) is 0 Å². The molecular formula is C24H29Cl3N2O2. The van der Waals surface area contributed by atoms with E-state index in [9.17, 15) is 9.59 Å². The van der Waals surface area contributed by atoms with Crippen LogP contribution in [0.3, 0.4) is 0 Å². The molecule has 0 fully saturated rings. The summed E-state index contributed by atoms with van der Waals surface area (Å²) in [6.45, 7) is 6.13. The molecule has 2 atom stereocenters. The number of rotatable bonds is 10. The lowest BCUT2D eigenvalue weighted by molar-refractivity contribution is -0.141. The minimum Gasteiger partial charge on any atom is -0.352 e. The van der Waals surface area contributed by atoms with Gasteiger partial charge in [0, 0.05) is 24.0 Å². The molecule has 2 aromatic carbocycles. The molecule has 0 saturated heterocycles. The van der Waals surface area contributed by atoms with Crippen molar-refractivity contribution in [1.82, 2.24) is 10.2 Å². The van der Waals surface area contributed by atoms with E-state index >= 15 is 0 Å².